The Morgan fingerprint density at radius 2 is 0.810 bits per heavy atom. The maximum atomic E-state index is 16.4. The fourth-order valence-corrected chi connectivity index (χ4v) is 22.1. The summed E-state index contributed by atoms with van der Waals surface area (Å²) in [7, 11) is -26.9. The molecule has 15 heterocycles. The number of ether oxygens (including phenoxy) is 6. The highest BCUT2D eigenvalue weighted by Crippen LogP contribution is 2.58. The minimum Gasteiger partial charge on any atom is -0.394 e. The van der Waals surface area contributed by atoms with Crippen LogP contribution in [0.1, 0.15) is 102 Å². The van der Waals surface area contributed by atoms with Gasteiger partial charge in [-0.15, -0.1) is 0 Å². The minimum absolute atomic E-state index is 0.00467. The molecule has 2 aromatic carbocycles. The third kappa shape index (κ3) is 22.2. The molecule has 6 aliphatic rings. The second-order valence-corrected chi connectivity index (χ2v) is 40.4. The summed E-state index contributed by atoms with van der Waals surface area (Å²) >= 11 is 0. The lowest BCUT2D eigenvalue weighted by Crippen LogP contribution is -2.32. The molecule has 137 heavy (non-hydrogen) atoms. The molecule has 0 bridgehead atoms. The normalized spacial score (nSPS) is 27.5. The van der Waals surface area contributed by atoms with Crippen LogP contribution >= 0.6 is 38.9 Å². The van der Waals surface area contributed by atoms with Gasteiger partial charge in [0.05, 0.1) is 77.0 Å². The van der Waals surface area contributed by atoms with Crippen LogP contribution in [0, 0.1) is 5.92 Å². The molecule has 0 radical (unpaired) electrons. The predicted octanol–water partition coefficient (Wildman–Crippen LogP) is 1.13. The second-order valence-electron chi connectivity index (χ2n) is 32.6. The van der Waals surface area contributed by atoms with E-state index in [9.17, 15) is 81.6 Å². The number of aliphatic hydroxyl groups excluding tert-OH is 2. The Morgan fingerprint density at radius 1 is 0.453 bits per heavy atom. The van der Waals surface area contributed by atoms with Crippen LogP contribution in [0.5, 0.6) is 0 Å². The van der Waals surface area contributed by atoms with E-state index in [2.05, 4.69) is 65.1 Å². The molecular formula is C74H91N24O34P5. The number of hydrogen-bond donors (Lipinski definition) is 15. The average molecular weight is 2020 g/mol. The molecule has 58 nitrogen and oxygen atoms in total. The Hall–Kier alpha value is -10.9. The molecular weight excluding hydrogens is 1920 g/mol. The van der Waals surface area contributed by atoms with Gasteiger partial charge in [-0.3, -0.25) is 102 Å². The van der Waals surface area contributed by atoms with Crippen LogP contribution in [0.25, 0.3) is 44.3 Å². The van der Waals surface area contributed by atoms with Crippen molar-refractivity contribution >= 4 is 124 Å². The lowest BCUT2D eigenvalue weighted by Gasteiger charge is -2.28. The van der Waals surface area contributed by atoms with Crippen molar-refractivity contribution in [3.05, 3.63) is 166 Å². The van der Waals surface area contributed by atoms with E-state index in [1.807, 2.05) is 36.4 Å². The fourth-order valence-electron chi connectivity index (χ4n) is 16.4. The lowest BCUT2D eigenvalue weighted by molar-refractivity contribution is -0.118. The Balaban J connectivity index is 0.633. The van der Waals surface area contributed by atoms with Crippen LogP contribution in [0.4, 0.5) is 35.3 Å². The number of phosphoric acid groups is 4. The number of phosphoric ester groups is 4. The van der Waals surface area contributed by atoms with E-state index < -0.39 is 267 Å². The number of aryl methyl sites for hydroxylation is 1. The van der Waals surface area contributed by atoms with Gasteiger partial charge in [-0.25, -0.2) is 47.6 Å². The third-order valence-corrected chi connectivity index (χ3v) is 29.0. The summed E-state index contributed by atoms with van der Waals surface area (Å²) in [6.07, 6.45) is -22.8. The SMILES string of the molecule is CC(C)C(=O)Nc1ccn([C@H]2C[C@H](OP(=O)(CCCc3cccc4ccccc34)OC[C@H]3O[C@@H](n4cnc5c(=O)[nH]c(N)nc54)C[C@@H]3OP(=O)(O)OC[C@H]3O[C@@H](n4ccc(N)nc4=O)C[C@@H]3OP(=O)(O)OC[C@H]3O[C@@H](n4cnc5c(=O)[nH]c(N)nc54)C[C@@H]3O)[C@@H](COP(=O)(O)O[C@H]3C[C@H](n4ccc(N)nc4=O)O[C@@H]3COP(=O)(O)O[C@H]3C[C@H](n4cnc5c(=O)[nH]c(N)nc54)O[C@@H]3CO)O2)c(=O)n1. The summed E-state index contributed by atoms with van der Waals surface area (Å²) in [6.45, 7) is -2.50. The topological polar surface area (TPSA) is 809 Å². The van der Waals surface area contributed by atoms with Crippen molar-refractivity contribution in [2.45, 2.75) is 176 Å². The van der Waals surface area contributed by atoms with Crippen LogP contribution < -0.4 is 67.7 Å². The molecule has 17 rings (SSSR count). The van der Waals surface area contributed by atoms with E-state index >= 15 is 4.57 Å². The molecule has 5 unspecified atom stereocenters. The van der Waals surface area contributed by atoms with Crippen molar-refractivity contribution in [2.75, 3.05) is 79.8 Å². The van der Waals surface area contributed by atoms with Crippen LogP contribution in [0.2, 0.25) is 0 Å². The highest BCUT2D eigenvalue weighted by molar-refractivity contribution is 7.53. The summed E-state index contributed by atoms with van der Waals surface area (Å²) in [4.78, 5) is 182. The molecule has 20 N–H and O–H groups in total. The average Bonchev–Trinajstić information content (AvgIpc) is 1.61. The number of nitrogens with two attached hydrogens (primary N) is 5. The maximum Gasteiger partial charge on any atom is 0.472 e. The molecule has 6 aliphatic heterocycles. The van der Waals surface area contributed by atoms with Crippen molar-refractivity contribution < 1.29 is 131 Å². The summed E-state index contributed by atoms with van der Waals surface area (Å²) in [6, 6.07) is 16.6. The van der Waals surface area contributed by atoms with E-state index in [0.29, 0.717) is 0 Å². The van der Waals surface area contributed by atoms with E-state index in [1.54, 1.807) is 19.9 Å². The molecule has 736 valence electrons. The Bertz CT molecular complexity index is 7020. The van der Waals surface area contributed by atoms with Gasteiger partial charge in [0.2, 0.25) is 23.8 Å². The molecule has 0 aliphatic carbocycles. The number of carbonyl (C=O) groups excluding carboxylic acids is 1. The fraction of sp³-hybridized carbons (Fsp3) is 0.486. The number of amides is 1. The number of aromatic amines is 3. The molecule has 11 aromatic rings. The standard InChI is InChI=1S/C74H91N24O34P5/c1-34(2)65(101)85-52-14-17-95(74(107)86-52)54-21-40(47(124-54)28-119-136(113,114)131-42-23-56(94-16-13-51(76)84-73(94)106)125-48(42)29-120-135(111,112)129-39-20-57(122-44(39)25-99)97-32-81-60-63(97)88-70(78)91-67(60)103)128-133(108,18-6-10-36-9-5-8-35-7-3-4-11-37(35)36)117-27-46-43(24-58(127-46)98-33-82-61-64(98)89-71(79)92-68(61)104)132-137(115,116)121-30-49-41(22-55(126-49)93-15-12-50(75)83-72(93)105)130-134(109,110)118-26-45-38(100)19-53(123-45)96-31-80-59-62(96)87-69(77)90-66(59)102/h3-5,7-9,11-17,31-34,38-49,53-58,99-100H,6,10,18-30H2,1-2H3,(H,109,110)(H,111,112)(H,113,114)(H,115,116)(H2,75,83,105)(H2,76,84,106)(H3,77,87,90,102)(H3,78,88,91,103)(H3,79,89,92,104)(H,85,86,101,107)/t38-,39-,40-,41-,42-,43-,44+,45+,46+,47+,48+,49+,53+,54+,55+,56+,57+,58+,133?/m0/s1. The quantitative estimate of drug-likeness (QED) is 0.0241. The number of imidazole rings is 3. The Labute approximate surface area is 767 Å². The Kier molecular flexibility index (Phi) is 28.4. The number of H-pyrrole nitrogens is 3. The van der Waals surface area contributed by atoms with Crippen LogP contribution in [-0.4, -0.2) is 242 Å². The lowest BCUT2D eigenvalue weighted by atomic mass is 10.0. The van der Waals surface area contributed by atoms with Gasteiger partial charge in [0.15, 0.2) is 33.5 Å². The number of aromatic nitrogens is 18. The zero-order chi connectivity index (χ0) is 97.1. The van der Waals surface area contributed by atoms with E-state index in [1.165, 1.54) is 63.1 Å². The summed E-state index contributed by atoms with van der Waals surface area (Å²) in [5, 5.41) is 25.7. The van der Waals surface area contributed by atoms with Crippen LogP contribution in [-0.2, 0) is 108 Å². The van der Waals surface area contributed by atoms with E-state index in [-0.39, 0.29) is 94.5 Å². The number of nitrogens with zero attached hydrogens (tertiary/aromatic N) is 15. The van der Waals surface area contributed by atoms with Gasteiger partial charge in [-0.2, -0.15) is 29.9 Å². The first-order valence-corrected chi connectivity index (χ1v) is 49.9. The zero-order valence-electron chi connectivity index (χ0n) is 71.8. The maximum absolute atomic E-state index is 16.4. The summed E-state index contributed by atoms with van der Waals surface area (Å²) in [5.74, 6) is -2.56. The minimum atomic E-state index is -5.64. The smallest absolute Gasteiger partial charge is 0.394 e. The molecule has 63 heteroatoms. The van der Waals surface area contributed by atoms with Gasteiger partial charge in [0.1, 0.15) is 116 Å². The monoisotopic (exact) mass is 2010 g/mol. The number of aliphatic hydroxyl groups is 2. The molecule has 23 atom stereocenters. The first-order chi connectivity index (χ1) is 65.2. The number of nitrogens with one attached hydrogen (secondary N) is 4. The van der Waals surface area contributed by atoms with Crippen LogP contribution in [0.3, 0.4) is 0 Å². The predicted molar refractivity (Wildman–Crippen MR) is 468 cm³/mol. The molecule has 0 spiro atoms. The number of benzene rings is 2. The van der Waals surface area contributed by atoms with Gasteiger partial charge in [0.25, 0.3) is 16.7 Å². The van der Waals surface area contributed by atoms with Gasteiger partial charge in [0, 0.05) is 63.0 Å². The van der Waals surface area contributed by atoms with E-state index in [4.69, 9.17) is 102 Å². The highest BCUT2D eigenvalue weighted by atomic mass is 31.2. The number of nitrogen functional groups attached to an aromatic ring is 5. The first kappa shape index (κ1) is 97.8. The van der Waals surface area contributed by atoms with Crippen molar-refractivity contribution in [3.8, 4) is 0 Å². The van der Waals surface area contributed by atoms with Gasteiger partial charge in [-0.05, 0) is 47.4 Å². The van der Waals surface area contributed by atoms with Gasteiger partial charge >= 0.3 is 56.0 Å². The highest BCUT2D eigenvalue weighted by Gasteiger charge is 2.52. The number of hydrogen-bond acceptors (Lipinski definition) is 44. The first-order valence-electron chi connectivity index (χ1n) is 42.2. The number of fused-ring (bicyclic) bond motifs is 4. The number of rotatable bonds is 38. The zero-order valence-corrected chi connectivity index (χ0v) is 76.2. The van der Waals surface area contributed by atoms with Crippen LogP contribution in [0.15, 0.2) is 127 Å². The van der Waals surface area contributed by atoms with Crippen molar-refractivity contribution in [3.63, 3.8) is 0 Å². The largest absolute Gasteiger partial charge is 0.472 e. The van der Waals surface area contributed by atoms with Gasteiger partial charge < -0.3 is 101 Å². The molecule has 6 saturated heterocycles. The molecule has 9 aromatic heterocycles. The molecule has 1 amide bonds. The van der Waals surface area contributed by atoms with Crippen molar-refractivity contribution in [1.82, 2.24) is 87.2 Å². The summed E-state index contributed by atoms with van der Waals surface area (Å²) in [5.41, 5.74) is 24.1. The Morgan fingerprint density at radius 3 is 1.23 bits per heavy atom. The molecule has 6 fully saturated rings. The van der Waals surface area contributed by atoms with Gasteiger partial charge in [-0.1, -0.05) is 56.3 Å². The second kappa shape index (κ2) is 39.8. The number of carbonyl (C=O) groups is 1. The third-order valence-electron chi connectivity index (χ3n) is 23.0. The summed E-state index contributed by atoms with van der Waals surface area (Å²) < 4.78 is 176. The van der Waals surface area contributed by atoms with Crippen molar-refractivity contribution in [1.29, 1.82) is 0 Å². The van der Waals surface area contributed by atoms with Crippen molar-refractivity contribution in [2.24, 2.45) is 5.92 Å². The van der Waals surface area contributed by atoms with E-state index in [0.717, 1.165) is 36.4 Å². The molecule has 0 saturated carbocycles. The number of anilines is 6.